The highest BCUT2D eigenvalue weighted by Crippen LogP contribution is 2.28. The van der Waals surface area contributed by atoms with Crippen molar-refractivity contribution in [3.63, 3.8) is 0 Å². The lowest BCUT2D eigenvalue weighted by molar-refractivity contribution is 0.174. The van der Waals surface area contributed by atoms with Crippen LogP contribution in [0.1, 0.15) is 17.5 Å². The number of methoxy groups -OCH3 is 1. The van der Waals surface area contributed by atoms with Gasteiger partial charge in [0.1, 0.15) is 5.75 Å². The van der Waals surface area contributed by atoms with Gasteiger partial charge in [0.25, 0.3) is 0 Å². The maximum Gasteiger partial charge on any atom is 0.124 e. The molecule has 0 aliphatic carbocycles. The highest BCUT2D eigenvalue weighted by atomic mass is 16.5. The Kier molecular flexibility index (Phi) is 5.44. The van der Waals surface area contributed by atoms with Crippen LogP contribution in [0.15, 0.2) is 12.1 Å². The van der Waals surface area contributed by atoms with Gasteiger partial charge < -0.3 is 20.5 Å². The Balaban J connectivity index is 2.83. The fourth-order valence-corrected chi connectivity index (χ4v) is 2.17. The number of likely N-dealkylation sites (N-methyl/N-ethyl adjacent to an activating group) is 1. The van der Waals surface area contributed by atoms with Crippen LogP contribution in [0.5, 0.6) is 5.75 Å². The highest BCUT2D eigenvalue weighted by Gasteiger charge is 2.11. The van der Waals surface area contributed by atoms with Crippen molar-refractivity contribution in [3.8, 4) is 5.75 Å². The molecule has 0 bridgehead atoms. The predicted molar refractivity (Wildman–Crippen MR) is 75.4 cm³/mol. The van der Waals surface area contributed by atoms with Crippen LogP contribution in [0, 0.1) is 13.8 Å². The summed E-state index contributed by atoms with van der Waals surface area (Å²) in [6.45, 7) is 5.15. The lowest BCUT2D eigenvalue weighted by Crippen LogP contribution is -2.30. The second-order valence-corrected chi connectivity index (χ2v) is 4.72. The number of aliphatic hydroxyl groups is 1. The van der Waals surface area contributed by atoms with Gasteiger partial charge in [-0.2, -0.15) is 0 Å². The summed E-state index contributed by atoms with van der Waals surface area (Å²) in [5.41, 5.74) is 8.73. The molecule has 0 saturated carbocycles. The molecule has 4 heteroatoms. The Labute approximate surface area is 109 Å². The molecule has 1 aromatic carbocycles. The van der Waals surface area contributed by atoms with Crippen LogP contribution < -0.4 is 15.4 Å². The van der Waals surface area contributed by atoms with Crippen molar-refractivity contribution in [2.24, 2.45) is 5.73 Å². The minimum atomic E-state index is -0.386. The van der Waals surface area contributed by atoms with E-state index < -0.39 is 0 Å². The molecule has 0 heterocycles. The smallest absolute Gasteiger partial charge is 0.124 e. The molecule has 1 atom stereocenters. The van der Waals surface area contributed by atoms with E-state index in [1.807, 2.05) is 25.8 Å². The summed E-state index contributed by atoms with van der Waals surface area (Å²) in [7, 11) is 3.66. The van der Waals surface area contributed by atoms with Gasteiger partial charge in [-0.25, -0.2) is 0 Å². The fourth-order valence-electron chi connectivity index (χ4n) is 2.17. The maximum absolute atomic E-state index is 9.77. The molecule has 0 fully saturated rings. The Bertz CT molecular complexity index is 370. The van der Waals surface area contributed by atoms with Crippen molar-refractivity contribution in [2.45, 2.75) is 26.4 Å². The zero-order valence-corrected chi connectivity index (χ0v) is 11.7. The van der Waals surface area contributed by atoms with Gasteiger partial charge in [0.2, 0.25) is 0 Å². The van der Waals surface area contributed by atoms with Gasteiger partial charge in [-0.1, -0.05) is 0 Å². The summed E-state index contributed by atoms with van der Waals surface area (Å²) in [6, 6.07) is 4.14. The molecular weight excluding hydrogens is 228 g/mol. The minimum absolute atomic E-state index is 0.386. The lowest BCUT2D eigenvalue weighted by atomic mass is 10.1. The Hall–Kier alpha value is -1.26. The lowest BCUT2D eigenvalue weighted by Gasteiger charge is -2.24. The number of nitrogens with two attached hydrogens (primary N) is 1. The van der Waals surface area contributed by atoms with E-state index in [2.05, 4.69) is 12.1 Å². The first kappa shape index (κ1) is 14.8. The van der Waals surface area contributed by atoms with E-state index in [1.54, 1.807) is 7.11 Å². The van der Waals surface area contributed by atoms with E-state index in [0.717, 1.165) is 22.6 Å². The molecule has 0 aromatic heterocycles. The molecule has 102 valence electrons. The third-order valence-electron chi connectivity index (χ3n) is 3.07. The summed E-state index contributed by atoms with van der Waals surface area (Å²) in [4.78, 5) is 2.04. The van der Waals surface area contributed by atoms with Crippen LogP contribution in [-0.2, 0) is 0 Å². The quantitative estimate of drug-likeness (QED) is 0.804. The van der Waals surface area contributed by atoms with E-state index in [4.69, 9.17) is 10.5 Å². The normalized spacial score (nSPS) is 12.3. The van der Waals surface area contributed by atoms with Crippen LogP contribution >= 0.6 is 0 Å². The van der Waals surface area contributed by atoms with Gasteiger partial charge in [0, 0.05) is 19.3 Å². The van der Waals surface area contributed by atoms with E-state index in [0.29, 0.717) is 19.5 Å². The Morgan fingerprint density at radius 2 is 1.89 bits per heavy atom. The molecule has 18 heavy (non-hydrogen) atoms. The molecule has 0 radical (unpaired) electrons. The number of aliphatic hydroxyl groups excluding tert-OH is 1. The molecule has 3 N–H and O–H groups in total. The number of benzene rings is 1. The van der Waals surface area contributed by atoms with Crippen molar-refractivity contribution >= 4 is 5.69 Å². The number of aryl methyl sites for hydroxylation is 2. The van der Waals surface area contributed by atoms with Gasteiger partial charge in [-0.3, -0.25) is 0 Å². The summed E-state index contributed by atoms with van der Waals surface area (Å²) in [6.07, 6.45) is 0.237. The Morgan fingerprint density at radius 3 is 2.33 bits per heavy atom. The minimum Gasteiger partial charge on any atom is -0.496 e. The van der Waals surface area contributed by atoms with Gasteiger partial charge in [-0.05, 0) is 50.1 Å². The van der Waals surface area contributed by atoms with Crippen molar-refractivity contribution in [3.05, 3.63) is 23.3 Å². The monoisotopic (exact) mass is 252 g/mol. The van der Waals surface area contributed by atoms with E-state index >= 15 is 0 Å². The highest BCUT2D eigenvalue weighted by molar-refractivity contribution is 5.56. The Morgan fingerprint density at radius 1 is 1.33 bits per heavy atom. The number of ether oxygens (including phenoxy) is 1. The van der Waals surface area contributed by atoms with Crippen molar-refractivity contribution in [1.82, 2.24) is 0 Å². The van der Waals surface area contributed by atoms with Gasteiger partial charge >= 0.3 is 0 Å². The largest absolute Gasteiger partial charge is 0.496 e. The van der Waals surface area contributed by atoms with Crippen LogP contribution in [0.3, 0.4) is 0 Å². The van der Waals surface area contributed by atoms with Crippen LogP contribution in [0.25, 0.3) is 0 Å². The first-order chi connectivity index (χ1) is 8.49. The standard InChI is InChI=1S/C14H24N2O2/c1-10-7-12(8-11(2)14(10)18-4)16(3)9-13(17)5-6-15/h7-8,13,17H,5-6,9,15H2,1-4H3. The molecule has 0 aliphatic rings. The zero-order chi connectivity index (χ0) is 13.7. The van der Waals surface area contributed by atoms with Crippen molar-refractivity contribution in [2.75, 3.05) is 32.1 Å². The van der Waals surface area contributed by atoms with Gasteiger partial charge in [0.05, 0.1) is 13.2 Å². The average Bonchev–Trinajstić information content (AvgIpc) is 2.28. The summed E-state index contributed by atoms with van der Waals surface area (Å²) >= 11 is 0. The number of hydrogen-bond donors (Lipinski definition) is 2. The summed E-state index contributed by atoms with van der Waals surface area (Å²) in [5, 5.41) is 9.77. The third kappa shape index (κ3) is 3.62. The summed E-state index contributed by atoms with van der Waals surface area (Å²) in [5.74, 6) is 0.926. The topological polar surface area (TPSA) is 58.7 Å². The van der Waals surface area contributed by atoms with Crippen LogP contribution in [-0.4, -0.2) is 38.5 Å². The zero-order valence-electron chi connectivity index (χ0n) is 11.7. The first-order valence-corrected chi connectivity index (χ1v) is 6.24. The second kappa shape index (κ2) is 6.61. The molecule has 4 nitrogen and oxygen atoms in total. The van der Waals surface area contributed by atoms with Crippen molar-refractivity contribution in [1.29, 1.82) is 0 Å². The number of rotatable bonds is 6. The molecule has 0 spiro atoms. The van der Waals surface area contributed by atoms with Gasteiger partial charge in [-0.15, -0.1) is 0 Å². The summed E-state index contributed by atoms with van der Waals surface area (Å²) < 4.78 is 5.35. The molecule has 0 amide bonds. The first-order valence-electron chi connectivity index (χ1n) is 6.24. The average molecular weight is 252 g/mol. The van der Waals surface area contributed by atoms with Crippen LogP contribution in [0.4, 0.5) is 5.69 Å². The van der Waals surface area contributed by atoms with E-state index in [9.17, 15) is 5.11 Å². The molecule has 0 saturated heterocycles. The number of hydrogen-bond acceptors (Lipinski definition) is 4. The second-order valence-electron chi connectivity index (χ2n) is 4.72. The predicted octanol–water partition coefficient (Wildman–Crippen LogP) is 1.46. The maximum atomic E-state index is 9.77. The van der Waals surface area contributed by atoms with Crippen LogP contribution in [0.2, 0.25) is 0 Å². The third-order valence-corrected chi connectivity index (χ3v) is 3.07. The SMILES string of the molecule is COc1c(C)cc(N(C)CC(O)CCN)cc1C. The molecule has 1 rings (SSSR count). The fraction of sp³-hybridized carbons (Fsp3) is 0.571. The molecular formula is C14H24N2O2. The van der Waals surface area contributed by atoms with Crippen molar-refractivity contribution < 1.29 is 9.84 Å². The van der Waals surface area contributed by atoms with E-state index in [1.165, 1.54) is 0 Å². The number of anilines is 1. The van der Waals surface area contributed by atoms with E-state index in [-0.39, 0.29) is 6.10 Å². The number of nitrogens with zero attached hydrogens (tertiary/aromatic N) is 1. The van der Waals surface area contributed by atoms with Gasteiger partial charge in [0.15, 0.2) is 0 Å². The molecule has 1 unspecified atom stereocenters. The molecule has 0 aliphatic heterocycles. The molecule has 1 aromatic rings.